The van der Waals surface area contributed by atoms with Gasteiger partial charge in [0.05, 0.1) is 24.4 Å². The normalized spacial score (nSPS) is 16.9. The maximum Gasteiger partial charge on any atom is 0.416 e. The first-order valence-electron chi connectivity index (χ1n) is 12.1. The number of halogens is 3. The molecule has 0 radical (unpaired) electrons. The number of allylic oxidation sites excluding steroid dienone is 3. The number of anilines is 2. The first-order chi connectivity index (χ1) is 17.7. The zero-order valence-corrected chi connectivity index (χ0v) is 20.6. The maximum atomic E-state index is 13.5. The number of amides is 1. The Kier molecular flexibility index (Phi) is 8.17. The standard InChI is InChI=1S/C27H30F3N5O2/c1-18-2-3-21(34-20-4-6-22(7-5-20)35-10-12-37-13-11-35)15-25(23(14-18)26(31)36)33-17-19-16-32-9-8-24(19)27(28,29)30/h4-9,14-16,33-34H,2-3,10-13,17H2,1H3,(H2,31,36). The Morgan fingerprint density at radius 3 is 2.51 bits per heavy atom. The smallest absolute Gasteiger partial charge is 0.380 e. The molecule has 0 saturated carbocycles. The van der Waals surface area contributed by atoms with E-state index in [2.05, 4.69) is 20.5 Å². The van der Waals surface area contributed by atoms with Gasteiger partial charge in [0.1, 0.15) is 0 Å². The van der Waals surface area contributed by atoms with Crippen LogP contribution in [0.15, 0.2) is 77.4 Å². The zero-order chi connectivity index (χ0) is 26.4. The molecule has 4 N–H and O–H groups in total. The Labute approximate surface area is 213 Å². The highest BCUT2D eigenvalue weighted by atomic mass is 19.4. The van der Waals surface area contributed by atoms with E-state index in [1.807, 2.05) is 31.2 Å². The van der Waals surface area contributed by atoms with E-state index in [0.29, 0.717) is 31.8 Å². The molecule has 2 aromatic rings. The molecule has 2 heterocycles. The molecule has 1 aromatic carbocycles. The van der Waals surface area contributed by atoms with Crippen molar-refractivity contribution in [1.29, 1.82) is 0 Å². The first kappa shape index (κ1) is 26.3. The number of nitrogens with zero attached hydrogens (tertiary/aromatic N) is 2. The number of carbonyl (C=O) groups excluding carboxylic acids is 1. The number of carbonyl (C=O) groups is 1. The van der Waals surface area contributed by atoms with Crippen molar-refractivity contribution >= 4 is 17.3 Å². The second-order valence-electron chi connectivity index (χ2n) is 9.01. The minimum absolute atomic E-state index is 0.0318. The van der Waals surface area contributed by atoms with E-state index in [9.17, 15) is 18.0 Å². The van der Waals surface area contributed by atoms with Gasteiger partial charge in [-0.15, -0.1) is 0 Å². The van der Waals surface area contributed by atoms with Crippen molar-refractivity contribution in [2.75, 3.05) is 36.5 Å². The summed E-state index contributed by atoms with van der Waals surface area (Å²) in [6, 6.07) is 8.96. The van der Waals surface area contributed by atoms with Gasteiger partial charge in [-0.25, -0.2) is 0 Å². The fraction of sp³-hybridized carbons (Fsp3) is 0.333. The summed E-state index contributed by atoms with van der Waals surface area (Å²) in [7, 11) is 0. The third-order valence-corrected chi connectivity index (χ3v) is 6.28. The van der Waals surface area contributed by atoms with Crippen LogP contribution in [0.1, 0.15) is 30.9 Å². The highest BCUT2D eigenvalue weighted by Crippen LogP contribution is 2.32. The lowest BCUT2D eigenvalue weighted by Crippen LogP contribution is -2.36. The van der Waals surface area contributed by atoms with Gasteiger partial charge in [0.2, 0.25) is 0 Å². The Morgan fingerprint density at radius 1 is 1.11 bits per heavy atom. The molecule has 196 valence electrons. The highest BCUT2D eigenvalue weighted by Gasteiger charge is 2.33. The highest BCUT2D eigenvalue weighted by molar-refractivity contribution is 5.96. The minimum atomic E-state index is -4.52. The Bertz CT molecular complexity index is 1210. The molecule has 2 aliphatic rings. The van der Waals surface area contributed by atoms with Gasteiger partial charge < -0.3 is 26.0 Å². The van der Waals surface area contributed by atoms with E-state index in [1.54, 1.807) is 12.2 Å². The van der Waals surface area contributed by atoms with Gasteiger partial charge in [-0.05, 0) is 62.2 Å². The van der Waals surface area contributed by atoms with Crippen molar-refractivity contribution in [2.24, 2.45) is 5.73 Å². The molecule has 0 unspecified atom stereocenters. The number of alkyl halides is 3. The predicted octanol–water partition coefficient (Wildman–Crippen LogP) is 4.50. The van der Waals surface area contributed by atoms with Crippen LogP contribution < -0.4 is 21.3 Å². The topological polar surface area (TPSA) is 92.5 Å². The van der Waals surface area contributed by atoms with Crippen molar-refractivity contribution < 1.29 is 22.7 Å². The van der Waals surface area contributed by atoms with Crippen LogP contribution in [0, 0.1) is 0 Å². The third-order valence-electron chi connectivity index (χ3n) is 6.28. The van der Waals surface area contributed by atoms with E-state index in [1.165, 1.54) is 6.20 Å². The number of pyridine rings is 1. The van der Waals surface area contributed by atoms with Crippen LogP contribution in [-0.4, -0.2) is 37.2 Å². The average Bonchev–Trinajstić information content (AvgIpc) is 2.87. The second kappa shape index (κ2) is 11.5. The molecular formula is C27H30F3N5O2. The Morgan fingerprint density at radius 2 is 1.84 bits per heavy atom. The van der Waals surface area contributed by atoms with Gasteiger partial charge in [-0.1, -0.05) is 5.57 Å². The molecule has 1 amide bonds. The van der Waals surface area contributed by atoms with Crippen LogP contribution in [0.25, 0.3) is 0 Å². The van der Waals surface area contributed by atoms with Crippen LogP contribution in [0.2, 0.25) is 0 Å². The van der Waals surface area contributed by atoms with E-state index < -0.39 is 17.6 Å². The number of aromatic nitrogens is 1. The predicted molar refractivity (Wildman–Crippen MR) is 136 cm³/mol. The number of primary amides is 1. The van der Waals surface area contributed by atoms with Crippen molar-refractivity contribution in [3.63, 3.8) is 0 Å². The molecule has 10 heteroatoms. The van der Waals surface area contributed by atoms with Gasteiger partial charge in [-0.3, -0.25) is 9.78 Å². The molecule has 4 rings (SSSR count). The third kappa shape index (κ3) is 6.91. The lowest BCUT2D eigenvalue weighted by atomic mass is 10.00. The molecule has 0 spiro atoms. The summed E-state index contributed by atoms with van der Waals surface area (Å²) in [6.07, 6.45) is 2.51. The molecule has 37 heavy (non-hydrogen) atoms. The Balaban J connectivity index is 1.59. The summed E-state index contributed by atoms with van der Waals surface area (Å²) in [5.74, 6) is -0.670. The van der Waals surface area contributed by atoms with Gasteiger partial charge in [0, 0.05) is 60.4 Å². The van der Waals surface area contributed by atoms with Crippen LogP contribution >= 0.6 is 0 Å². The average molecular weight is 514 g/mol. The van der Waals surface area contributed by atoms with Crippen LogP contribution in [0.3, 0.4) is 0 Å². The first-order valence-corrected chi connectivity index (χ1v) is 12.1. The van der Waals surface area contributed by atoms with Gasteiger partial charge in [0.15, 0.2) is 0 Å². The molecule has 7 nitrogen and oxygen atoms in total. The monoisotopic (exact) mass is 513 g/mol. The summed E-state index contributed by atoms with van der Waals surface area (Å²) >= 11 is 0. The van der Waals surface area contributed by atoms with E-state index in [4.69, 9.17) is 10.5 Å². The van der Waals surface area contributed by atoms with Crippen LogP contribution in [-0.2, 0) is 22.3 Å². The SMILES string of the molecule is CC1=CC(C(N)=O)=C(NCc2cnccc2C(F)(F)F)C=C(Nc2ccc(N3CCOCC3)cc2)CC1. The summed E-state index contributed by atoms with van der Waals surface area (Å²) in [6.45, 7) is 4.79. The lowest BCUT2D eigenvalue weighted by Gasteiger charge is -2.29. The van der Waals surface area contributed by atoms with Gasteiger partial charge in [-0.2, -0.15) is 13.2 Å². The number of hydrogen-bond donors (Lipinski definition) is 3. The van der Waals surface area contributed by atoms with Crippen LogP contribution in [0.5, 0.6) is 0 Å². The van der Waals surface area contributed by atoms with Crippen molar-refractivity contribution in [1.82, 2.24) is 10.3 Å². The molecule has 1 aliphatic carbocycles. The molecule has 1 saturated heterocycles. The molecular weight excluding hydrogens is 483 g/mol. The van der Waals surface area contributed by atoms with E-state index in [-0.39, 0.29) is 17.7 Å². The molecule has 1 aromatic heterocycles. The molecule has 0 bridgehead atoms. The number of hydrogen-bond acceptors (Lipinski definition) is 6. The molecule has 1 fully saturated rings. The zero-order valence-electron chi connectivity index (χ0n) is 20.6. The summed E-state index contributed by atoms with van der Waals surface area (Å²) in [5.41, 5.74) is 9.09. The number of rotatable bonds is 7. The number of ether oxygens (including phenoxy) is 1. The molecule has 1 aliphatic heterocycles. The second-order valence-corrected chi connectivity index (χ2v) is 9.01. The van der Waals surface area contributed by atoms with Gasteiger partial charge >= 0.3 is 6.18 Å². The lowest BCUT2D eigenvalue weighted by molar-refractivity contribution is -0.138. The number of nitrogens with one attached hydrogen (secondary N) is 2. The summed E-state index contributed by atoms with van der Waals surface area (Å²) in [5, 5.41) is 6.39. The summed E-state index contributed by atoms with van der Waals surface area (Å²) < 4.78 is 45.8. The fourth-order valence-electron chi connectivity index (χ4n) is 4.30. The van der Waals surface area contributed by atoms with Gasteiger partial charge in [0.25, 0.3) is 5.91 Å². The largest absolute Gasteiger partial charge is 0.416 e. The van der Waals surface area contributed by atoms with E-state index >= 15 is 0 Å². The Hall–Kier alpha value is -3.79. The fourth-order valence-corrected chi connectivity index (χ4v) is 4.30. The number of benzene rings is 1. The van der Waals surface area contributed by atoms with Crippen LogP contribution in [0.4, 0.5) is 24.5 Å². The van der Waals surface area contributed by atoms with E-state index in [0.717, 1.165) is 48.0 Å². The minimum Gasteiger partial charge on any atom is -0.380 e. The van der Waals surface area contributed by atoms with Crippen molar-refractivity contribution in [3.8, 4) is 0 Å². The molecule has 0 atom stereocenters. The number of morpholine rings is 1. The number of nitrogens with two attached hydrogens (primary N) is 1. The van der Waals surface area contributed by atoms with Crippen molar-refractivity contribution in [2.45, 2.75) is 32.5 Å². The van der Waals surface area contributed by atoms with Crippen molar-refractivity contribution in [3.05, 3.63) is 88.5 Å². The summed E-state index contributed by atoms with van der Waals surface area (Å²) in [4.78, 5) is 18.4. The maximum absolute atomic E-state index is 13.5. The quantitative estimate of drug-likeness (QED) is 0.505.